The Bertz CT molecular complexity index is 360. The van der Waals surface area contributed by atoms with Gasteiger partial charge in [-0.05, 0) is 26.4 Å². The van der Waals surface area contributed by atoms with E-state index in [2.05, 4.69) is 20.2 Å². The minimum Gasteiger partial charge on any atom is -0.320 e. The van der Waals surface area contributed by atoms with Crippen LogP contribution in [0.5, 0.6) is 0 Å². The number of H-pyrrole nitrogens is 1. The number of aromatic nitrogens is 2. The number of sulfonamides is 1. The van der Waals surface area contributed by atoms with Crippen molar-refractivity contribution < 1.29 is 8.42 Å². The molecule has 0 amide bonds. The minimum atomic E-state index is -3.22. The maximum absolute atomic E-state index is 11.5. The average Bonchev–Trinajstić information content (AvgIpc) is 2.64. The molecule has 0 bridgehead atoms. The Balaban J connectivity index is 2.33. The highest BCUT2D eigenvalue weighted by Crippen LogP contribution is 2.06. The number of hydrogen-bond acceptors (Lipinski definition) is 4. The number of anilines is 1. The van der Waals surface area contributed by atoms with Gasteiger partial charge >= 0.3 is 0 Å². The Hall–Kier alpha value is -1.08. The molecule has 3 N–H and O–H groups in total. The van der Waals surface area contributed by atoms with E-state index < -0.39 is 10.0 Å². The minimum absolute atomic E-state index is 0.139. The van der Waals surface area contributed by atoms with Gasteiger partial charge in [0.1, 0.15) is 0 Å². The van der Waals surface area contributed by atoms with Crippen LogP contribution in [0.25, 0.3) is 0 Å². The third-order valence-corrected chi connectivity index (χ3v) is 3.23. The van der Waals surface area contributed by atoms with Crippen LogP contribution in [0.3, 0.4) is 0 Å². The van der Waals surface area contributed by atoms with Gasteiger partial charge in [0, 0.05) is 6.20 Å². The van der Waals surface area contributed by atoms with E-state index >= 15 is 0 Å². The number of nitrogens with zero attached hydrogens (tertiary/aromatic N) is 1. The van der Waals surface area contributed by atoms with Gasteiger partial charge in [-0.1, -0.05) is 0 Å². The predicted octanol–water partition coefficient (Wildman–Crippen LogP) is 0.151. The summed E-state index contributed by atoms with van der Waals surface area (Å²) in [6.07, 6.45) is 4.44. The fourth-order valence-electron chi connectivity index (χ4n) is 1.13. The Morgan fingerprint density at radius 3 is 2.87 bits per heavy atom. The van der Waals surface area contributed by atoms with Crippen LogP contribution in [0.4, 0.5) is 5.69 Å². The molecule has 0 unspecified atom stereocenters. The fourth-order valence-corrected chi connectivity index (χ4v) is 2.29. The first-order valence-corrected chi connectivity index (χ1v) is 6.43. The molecule has 0 aliphatic carbocycles. The number of aromatic amines is 1. The molecule has 1 rings (SSSR count). The van der Waals surface area contributed by atoms with E-state index in [1.54, 1.807) is 0 Å². The molecule has 0 spiro atoms. The second kappa shape index (κ2) is 5.72. The first kappa shape index (κ1) is 12.0. The molecule has 0 aromatic carbocycles. The molecular formula is C8H16N4O2S. The molecule has 0 saturated heterocycles. The molecule has 0 atom stereocenters. The highest BCUT2D eigenvalue weighted by molar-refractivity contribution is 7.92. The highest BCUT2D eigenvalue weighted by Gasteiger charge is 2.09. The Labute approximate surface area is 89.5 Å². The Morgan fingerprint density at radius 1 is 1.47 bits per heavy atom. The molecule has 86 valence electrons. The smallest absolute Gasteiger partial charge is 0.232 e. The molecule has 0 saturated carbocycles. The zero-order valence-electron chi connectivity index (χ0n) is 8.66. The SMILES string of the molecule is CNCCCCS(=O)(=O)Nc1cn[nH]c1. The first-order valence-electron chi connectivity index (χ1n) is 4.78. The van der Waals surface area contributed by atoms with Gasteiger partial charge in [0.15, 0.2) is 0 Å². The van der Waals surface area contributed by atoms with Crippen LogP contribution in [-0.4, -0.2) is 38.0 Å². The molecule has 6 nitrogen and oxygen atoms in total. The standard InChI is InChI=1S/C8H16N4O2S/c1-9-4-2-3-5-15(13,14)12-8-6-10-11-7-8/h6-7,9,12H,2-5H2,1H3,(H,10,11). The highest BCUT2D eigenvalue weighted by atomic mass is 32.2. The summed E-state index contributed by atoms with van der Waals surface area (Å²) in [4.78, 5) is 0. The average molecular weight is 232 g/mol. The van der Waals surface area contributed by atoms with E-state index in [1.807, 2.05) is 7.05 Å². The molecule has 1 aromatic heterocycles. The summed E-state index contributed by atoms with van der Waals surface area (Å²) >= 11 is 0. The van der Waals surface area contributed by atoms with Gasteiger partial charge in [0.25, 0.3) is 0 Å². The first-order chi connectivity index (χ1) is 7.14. The largest absolute Gasteiger partial charge is 0.320 e. The molecule has 1 heterocycles. The van der Waals surface area contributed by atoms with Gasteiger partial charge in [-0.25, -0.2) is 8.42 Å². The number of nitrogens with one attached hydrogen (secondary N) is 3. The third kappa shape index (κ3) is 4.80. The molecule has 0 radical (unpaired) electrons. The summed E-state index contributed by atoms with van der Waals surface area (Å²) in [6.45, 7) is 0.835. The van der Waals surface area contributed by atoms with Gasteiger partial charge in [-0.2, -0.15) is 5.10 Å². The van der Waals surface area contributed by atoms with Crippen LogP contribution in [-0.2, 0) is 10.0 Å². The summed E-state index contributed by atoms with van der Waals surface area (Å²) in [5.74, 6) is 0.139. The second-order valence-corrected chi connectivity index (χ2v) is 5.06. The van der Waals surface area contributed by atoms with E-state index in [-0.39, 0.29) is 5.75 Å². The van der Waals surface area contributed by atoms with Crippen LogP contribution in [0.1, 0.15) is 12.8 Å². The van der Waals surface area contributed by atoms with Crippen LogP contribution < -0.4 is 10.0 Å². The van der Waals surface area contributed by atoms with E-state index in [0.717, 1.165) is 13.0 Å². The lowest BCUT2D eigenvalue weighted by Crippen LogP contribution is -2.17. The van der Waals surface area contributed by atoms with Crippen LogP contribution >= 0.6 is 0 Å². The summed E-state index contributed by atoms with van der Waals surface area (Å²) in [5, 5.41) is 9.17. The lowest BCUT2D eigenvalue weighted by atomic mass is 10.3. The van der Waals surface area contributed by atoms with E-state index in [9.17, 15) is 8.42 Å². The zero-order chi connectivity index (χ0) is 11.1. The maximum atomic E-state index is 11.5. The monoisotopic (exact) mass is 232 g/mol. The van der Waals surface area contributed by atoms with Crippen LogP contribution in [0.2, 0.25) is 0 Å². The van der Waals surface area contributed by atoms with E-state index in [0.29, 0.717) is 12.1 Å². The lowest BCUT2D eigenvalue weighted by molar-refractivity contribution is 0.595. The van der Waals surface area contributed by atoms with Gasteiger partial charge < -0.3 is 5.32 Å². The molecule has 1 aromatic rings. The van der Waals surface area contributed by atoms with Crippen molar-refractivity contribution in [1.29, 1.82) is 0 Å². The molecular weight excluding hydrogens is 216 g/mol. The maximum Gasteiger partial charge on any atom is 0.232 e. The van der Waals surface area contributed by atoms with E-state index in [4.69, 9.17) is 0 Å². The van der Waals surface area contributed by atoms with Crippen molar-refractivity contribution >= 4 is 15.7 Å². The molecule has 0 fully saturated rings. The van der Waals surface area contributed by atoms with Gasteiger partial charge in [0.05, 0.1) is 17.6 Å². The summed E-state index contributed by atoms with van der Waals surface area (Å²) in [6, 6.07) is 0. The molecule has 7 heteroatoms. The van der Waals surface area contributed by atoms with Gasteiger partial charge in [-0.3, -0.25) is 9.82 Å². The van der Waals surface area contributed by atoms with Crippen molar-refractivity contribution in [3.63, 3.8) is 0 Å². The number of hydrogen-bond donors (Lipinski definition) is 3. The Morgan fingerprint density at radius 2 is 2.27 bits per heavy atom. The summed E-state index contributed by atoms with van der Waals surface area (Å²) < 4.78 is 25.4. The topological polar surface area (TPSA) is 86.9 Å². The third-order valence-electron chi connectivity index (χ3n) is 1.86. The molecule has 15 heavy (non-hydrogen) atoms. The number of rotatable bonds is 7. The molecule has 0 aliphatic heterocycles. The van der Waals surface area contributed by atoms with Crippen molar-refractivity contribution in [3.8, 4) is 0 Å². The Kier molecular flexibility index (Phi) is 4.57. The van der Waals surface area contributed by atoms with Crippen molar-refractivity contribution in [2.45, 2.75) is 12.8 Å². The second-order valence-electron chi connectivity index (χ2n) is 3.22. The summed E-state index contributed by atoms with van der Waals surface area (Å²) in [7, 11) is -1.38. The molecule has 0 aliphatic rings. The van der Waals surface area contributed by atoms with Crippen molar-refractivity contribution in [1.82, 2.24) is 15.5 Å². The van der Waals surface area contributed by atoms with Gasteiger partial charge in [-0.15, -0.1) is 0 Å². The van der Waals surface area contributed by atoms with Crippen LogP contribution in [0, 0.1) is 0 Å². The van der Waals surface area contributed by atoms with E-state index in [1.165, 1.54) is 12.4 Å². The van der Waals surface area contributed by atoms with Crippen molar-refractivity contribution in [2.24, 2.45) is 0 Å². The quantitative estimate of drug-likeness (QED) is 0.584. The van der Waals surface area contributed by atoms with Crippen LogP contribution in [0.15, 0.2) is 12.4 Å². The van der Waals surface area contributed by atoms with Crippen molar-refractivity contribution in [2.75, 3.05) is 24.1 Å². The summed E-state index contributed by atoms with van der Waals surface area (Å²) in [5.41, 5.74) is 0.476. The number of unbranched alkanes of at least 4 members (excludes halogenated alkanes) is 1. The normalized spacial score (nSPS) is 11.5. The zero-order valence-corrected chi connectivity index (χ0v) is 9.47. The van der Waals surface area contributed by atoms with Crippen molar-refractivity contribution in [3.05, 3.63) is 12.4 Å². The lowest BCUT2D eigenvalue weighted by Gasteiger charge is -2.05. The predicted molar refractivity (Wildman–Crippen MR) is 59.2 cm³/mol. The fraction of sp³-hybridized carbons (Fsp3) is 0.625. The van der Waals surface area contributed by atoms with Gasteiger partial charge in [0.2, 0.25) is 10.0 Å².